The van der Waals surface area contributed by atoms with Gasteiger partial charge in [-0.1, -0.05) is 113 Å². The van der Waals surface area contributed by atoms with E-state index in [4.69, 9.17) is 14.1 Å². The summed E-state index contributed by atoms with van der Waals surface area (Å²) in [5.74, 6) is 1.58. The van der Waals surface area contributed by atoms with Crippen LogP contribution < -0.4 is 9.57 Å². The molecule has 1 spiro atoms. The van der Waals surface area contributed by atoms with E-state index in [2.05, 4.69) is 147 Å². The van der Waals surface area contributed by atoms with E-state index in [0.29, 0.717) is 18.6 Å². The molecule has 2 heterocycles. The Morgan fingerprint density at radius 1 is 0.789 bits per heavy atom. The van der Waals surface area contributed by atoms with Gasteiger partial charge in [-0.3, -0.25) is 0 Å². The third-order valence-electron chi connectivity index (χ3n) is 12.8. The van der Waals surface area contributed by atoms with Crippen molar-refractivity contribution in [2.24, 2.45) is 11.3 Å². The maximum absolute atomic E-state index is 6.67. The molecule has 1 unspecified atom stereocenters. The summed E-state index contributed by atoms with van der Waals surface area (Å²) in [6, 6.07) is 34.5. The largest absolute Gasteiger partial charge is 0.488 e. The van der Waals surface area contributed by atoms with Gasteiger partial charge < -0.3 is 14.4 Å². The lowest BCUT2D eigenvalue weighted by molar-refractivity contribution is 0.0941. The number of allylic oxidation sites excluding steroid dienone is 7. The van der Waals surface area contributed by atoms with Gasteiger partial charge in [-0.05, 0) is 128 Å². The van der Waals surface area contributed by atoms with E-state index >= 15 is 0 Å². The Hall–Kier alpha value is -5.41. The van der Waals surface area contributed by atoms with Crippen molar-refractivity contribution in [1.29, 1.82) is 0 Å². The molecule has 1 saturated heterocycles. The number of hydrogen-bond donors (Lipinski definition) is 0. The highest BCUT2D eigenvalue weighted by Crippen LogP contribution is 2.50. The number of anilines is 1. The molecule has 4 aromatic carbocycles. The molecule has 0 aromatic heterocycles. The summed E-state index contributed by atoms with van der Waals surface area (Å²) in [4.78, 5) is 2.61. The molecule has 9 rings (SSSR count). The molecule has 2 aliphatic heterocycles. The maximum atomic E-state index is 6.67. The third kappa shape index (κ3) is 7.95. The lowest BCUT2D eigenvalue weighted by atomic mass is 9.77. The van der Waals surface area contributed by atoms with Crippen LogP contribution in [0.25, 0.3) is 11.1 Å². The van der Waals surface area contributed by atoms with Crippen molar-refractivity contribution in [2.75, 3.05) is 18.0 Å². The molecule has 4 aromatic rings. The Morgan fingerprint density at radius 3 is 2.25 bits per heavy atom. The lowest BCUT2D eigenvalue weighted by Gasteiger charge is -2.49. The highest BCUT2D eigenvalue weighted by atomic mass is 16.5. The summed E-state index contributed by atoms with van der Waals surface area (Å²) in [5, 5.41) is 0. The molecule has 0 radical (unpaired) electrons. The summed E-state index contributed by atoms with van der Waals surface area (Å²) in [7, 11) is 0. The summed E-state index contributed by atoms with van der Waals surface area (Å²) in [5.41, 5.74) is 16.0. The first kappa shape index (κ1) is 37.2. The molecular formula is C53H55N2O2+. The molecule has 3 aliphatic carbocycles. The zero-order chi connectivity index (χ0) is 38.8. The zero-order valence-electron chi connectivity index (χ0n) is 33.8. The number of benzene rings is 4. The second-order valence-corrected chi connectivity index (χ2v) is 17.0. The van der Waals surface area contributed by atoms with Crippen LogP contribution in [0.15, 0.2) is 156 Å². The first-order valence-corrected chi connectivity index (χ1v) is 21.1. The summed E-state index contributed by atoms with van der Waals surface area (Å²) in [6.07, 6.45) is 22.8. The van der Waals surface area contributed by atoms with Crippen LogP contribution in [0.2, 0.25) is 0 Å². The van der Waals surface area contributed by atoms with E-state index in [1.54, 1.807) is 5.57 Å². The predicted octanol–water partition coefficient (Wildman–Crippen LogP) is 11.6. The van der Waals surface area contributed by atoms with Crippen molar-refractivity contribution in [2.45, 2.75) is 85.0 Å². The second kappa shape index (κ2) is 16.2. The molecule has 2 fully saturated rings. The number of aryl methyl sites for hydroxylation is 1. The van der Waals surface area contributed by atoms with Gasteiger partial charge in [0.2, 0.25) is 0 Å². The Labute approximate surface area is 339 Å². The number of nitrogens with zero attached hydrogens (tertiary/aromatic N) is 2. The fourth-order valence-corrected chi connectivity index (χ4v) is 9.72. The molecule has 0 bridgehead atoms. The molecule has 1 saturated carbocycles. The van der Waals surface area contributed by atoms with E-state index in [9.17, 15) is 0 Å². The molecule has 1 atom stereocenters. The number of ether oxygens (including phenoxy) is 2. The van der Waals surface area contributed by atoms with Gasteiger partial charge in [0.25, 0.3) is 0 Å². The van der Waals surface area contributed by atoms with E-state index in [1.807, 2.05) is 12.1 Å². The van der Waals surface area contributed by atoms with E-state index in [0.717, 1.165) is 50.9 Å². The highest BCUT2D eigenvalue weighted by molar-refractivity contribution is 6.27. The van der Waals surface area contributed by atoms with Crippen LogP contribution in [0.3, 0.4) is 0 Å². The fraction of sp³-hybridized carbons (Fsp3) is 0.321. The number of fused-ring (bicyclic) bond motifs is 1. The molecule has 0 N–H and O–H groups in total. The van der Waals surface area contributed by atoms with Crippen LogP contribution >= 0.6 is 0 Å². The van der Waals surface area contributed by atoms with Gasteiger partial charge in [0.15, 0.2) is 0 Å². The van der Waals surface area contributed by atoms with Crippen molar-refractivity contribution in [1.82, 2.24) is 4.67 Å². The van der Waals surface area contributed by atoms with E-state index in [1.165, 1.54) is 86.0 Å². The molecule has 4 nitrogen and oxygen atoms in total. The Bertz CT molecular complexity index is 2350. The van der Waals surface area contributed by atoms with Crippen molar-refractivity contribution >= 4 is 17.1 Å². The van der Waals surface area contributed by atoms with Crippen LogP contribution in [-0.4, -0.2) is 30.6 Å². The van der Waals surface area contributed by atoms with Gasteiger partial charge in [0.1, 0.15) is 17.9 Å². The van der Waals surface area contributed by atoms with E-state index < -0.39 is 0 Å². The minimum atomic E-state index is -0.186. The fourth-order valence-electron chi connectivity index (χ4n) is 9.72. The van der Waals surface area contributed by atoms with Gasteiger partial charge in [-0.15, -0.1) is 0 Å². The van der Waals surface area contributed by atoms with Gasteiger partial charge in [0, 0.05) is 31.1 Å². The lowest BCUT2D eigenvalue weighted by Crippen LogP contribution is -2.55. The van der Waals surface area contributed by atoms with E-state index in [-0.39, 0.29) is 6.10 Å². The molecule has 4 heteroatoms. The molecule has 57 heavy (non-hydrogen) atoms. The van der Waals surface area contributed by atoms with Gasteiger partial charge in [-0.25, -0.2) is 0 Å². The van der Waals surface area contributed by atoms with Crippen molar-refractivity contribution in [3.8, 4) is 11.1 Å². The quantitative estimate of drug-likeness (QED) is 0.120. The Kier molecular flexibility index (Phi) is 10.6. The summed E-state index contributed by atoms with van der Waals surface area (Å²) in [6.45, 7) is 9.88. The highest BCUT2D eigenvalue weighted by Gasteiger charge is 2.46. The van der Waals surface area contributed by atoms with Gasteiger partial charge in [-0.2, -0.15) is 0 Å². The van der Waals surface area contributed by atoms with Crippen LogP contribution in [-0.2, 0) is 22.7 Å². The Balaban J connectivity index is 0.955. The SMILES string of the molecule is CC1=CC(OCc2ccccc2)=C(C2=[N+]=C(C)c3c2cccc3-c2ccc(N3CC4(CCC(=CC5CCC=CCC5)C4)C3)cc2C)C=CC1OCc1ccccc1. The molecule has 0 amide bonds. The molecular weight excluding hydrogens is 697 g/mol. The first-order chi connectivity index (χ1) is 27.9. The van der Waals surface area contributed by atoms with Crippen molar-refractivity contribution in [3.63, 3.8) is 0 Å². The minimum Gasteiger partial charge on any atom is -0.488 e. The zero-order valence-corrected chi connectivity index (χ0v) is 33.8. The number of rotatable bonds is 10. The average Bonchev–Trinajstić information content (AvgIpc) is 3.62. The predicted molar refractivity (Wildman–Crippen MR) is 236 cm³/mol. The minimum absolute atomic E-state index is 0.186. The maximum Gasteiger partial charge on any atom is 0.346 e. The molecule has 288 valence electrons. The molecule has 5 aliphatic rings. The second-order valence-electron chi connectivity index (χ2n) is 17.0. The van der Waals surface area contributed by atoms with Crippen LogP contribution in [0.5, 0.6) is 0 Å². The monoisotopic (exact) mass is 751 g/mol. The van der Waals surface area contributed by atoms with Gasteiger partial charge in [0.05, 0.1) is 23.8 Å². The van der Waals surface area contributed by atoms with Crippen LogP contribution in [0, 0.1) is 18.3 Å². The number of hydrogen-bond acceptors (Lipinski definition) is 3. The average molecular weight is 752 g/mol. The topological polar surface area (TPSA) is 35.8 Å². The summed E-state index contributed by atoms with van der Waals surface area (Å²) >= 11 is 0. The normalized spacial score (nSPS) is 20.9. The Morgan fingerprint density at radius 2 is 1.51 bits per heavy atom. The standard InChI is InChI=1S/C53H55N2O2/c1-37-29-44(55-35-53(36-55)28-27-43(32-53)31-40-15-8-4-5-9-16-40)23-24-45(37)46-21-14-22-48-51(46)39(3)54-52(48)47-25-26-49(56-33-41-17-10-6-11-18-41)38(2)30-50(47)57-34-42-19-12-7-13-20-42/h4-7,10-14,17-26,29-31,40,49H,8-9,15-16,27-28,32-36H2,1-3H3/q+1. The first-order valence-electron chi connectivity index (χ1n) is 21.1. The van der Waals surface area contributed by atoms with Crippen LogP contribution in [0.4, 0.5) is 5.69 Å². The summed E-state index contributed by atoms with van der Waals surface area (Å²) < 4.78 is 18.4. The smallest absolute Gasteiger partial charge is 0.346 e. The third-order valence-corrected chi connectivity index (χ3v) is 12.8. The van der Waals surface area contributed by atoms with Gasteiger partial charge >= 0.3 is 11.4 Å². The van der Waals surface area contributed by atoms with Crippen molar-refractivity contribution < 1.29 is 9.47 Å². The van der Waals surface area contributed by atoms with Crippen molar-refractivity contribution in [3.05, 3.63) is 184 Å². The van der Waals surface area contributed by atoms with Crippen LogP contribution in [0.1, 0.15) is 86.6 Å².